The molecule has 3 amide bonds. The normalized spacial score (nSPS) is 20.5. The van der Waals surface area contributed by atoms with Crippen LogP contribution in [-0.2, 0) is 4.79 Å². The summed E-state index contributed by atoms with van der Waals surface area (Å²) >= 11 is 0. The van der Waals surface area contributed by atoms with Crippen LogP contribution in [0.15, 0.2) is 16.5 Å². The molecule has 0 aliphatic carbocycles. The summed E-state index contributed by atoms with van der Waals surface area (Å²) in [6, 6.07) is 3.09. The molecular weight excluding hydrogens is 258 g/mol. The minimum atomic E-state index is -0.461. The second-order valence-corrected chi connectivity index (χ2v) is 5.30. The number of nitrogens with two attached hydrogens (primary N) is 1. The van der Waals surface area contributed by atoms with Crippen molar-refractivity contribution in [2.45, 2.75) is 32.7 Å². The molecule has 6 heteroatoms. The van der Waals surface area contributed by atoms with Gasteiger partial charge in [-0.15, -0.1) is 0 Å². The average molecular weight is 279 g/mol. The number of amides is 3. The summed E-state index contributed by atoms with van der Waals surface area (Å²) in [5.74, 6) is 1.30. The molecule has 110 valence electrons. The Morgan fingerprint density at radius 1 is 1.50 bits per heavy atom. The molecule has 0 unspecified atom stereocenters. The lowest BCUT2D eigenvalue weighted by Crippen LogP contribution is -2.47. The molecule has 1 aliphatic rings. The van der Waals surface area contributed by atoms with E-state index < -0.39 is 6.03 Å². The van der Waals surface area contributed by atoms with Gasteiger partial charge in [-0.2, -0.15) is 0 Å². The van der Waals surface area contributed by atoms with Crippen LogP contribution in [0.5, 0.6) is 0 Å². The van der Waals surface area contributed by atoms with Crippen LogP contribution in [0.4, 0.5) is 4.79 Å². The lowest BCUT2D eigenvalue weighted by Gasteiger charge is -2.31. The summed E-state index contributed by atoms with van der Waals surface area (Å²) in [5, 5.41) is 2.93. The van der Waals surface area contributed by atoms with Gasteiger partial charge < -0.3 is 20.4 Å². The van der Waals surface area contributed by atoms with E-state index in [-0.39, 0.29) is 17.9 Å². The number of carbonyl (C=O) groups is 2. The maximum atomic E-state index is 12.2. The van der Waals surface area contributed by atoms with Crippen molar-refractivity contribution >= 4 is 11.9 Å². The SMILES string of the molecule is Cc1ccc([C@H](C)NC(=O)[C@H]2CCCN(C(N)=O)C2)o1. The molecule has 6 nitrogen and oxygen atoms in total. The van der Waals surface area contributed by atoms with Gasteiger partial charge >= 0.3 is 6.03 Å². The molecular formula is C14H21N3O3. The van der Waals surface area contributed by atoms with E-state index >= 15 is 0 Å². The van der Waals surface area contributed by atoms with Crippen molar-refractivity contribution in [3.8, 4) is 0 Å². The molecule has 1 aromatic heterocycles. The van der Waals surface area contributed by atoms with Gasteiger partial charge in [-0.05, 0) is 38.8 Å². The highest BCUT2D eigenvalue weighted by molar-refractivity contribution is 5.80. The molecule has 0 bridgehead atoms. The molecule has 0 aromatic carbocycles. The second kappa shape index (κ2) is 5.98. The molecule has 1 aromatic rings. The van der Waals surface area contributed by atoms with Crippen molar-refractivity contribution in [3.05, 3.63) is 23.7 Å². The zero-order valence-corrected chi connectivity index (χ0v) is 11.9. The summed E-state index contributed by atoms with van der Waals surface area (Å²) < 4.78 is 5.49. The zero-order valence-electron chi connectivity index (χ0n) is 11.9. The highest BCUT2D eigenvalue weighted by atomic mass is 16.3. The Hall–Kier alpha value is -1.98. The third-order valence-electron chi connectivity index (χ3n) is 3.65. The summed E-state index contributed by atoms with van der Waals surface area (Å²) in [7, 11) is 0. The topological polar surface area (TPSA) is 88.6 Å². The van der Waals surface area contributed by atoms with Gasteiger partial charge in [-0.1, -0.05) is 0 Å². The van der Waals surface area contributed by atoms with Gasteiger partial charge in [-0.3, -0.25) is 4.79 Å². The predicted octanol–water partition coefficient (Wildman–Crippen LogP) is 1.56. The van der Waals surface area contributed by atoms with E-state index in [9.17, 15) is 9.59 Å². The van der Waals surface area contributed by atoms with Gasteiger partial charge in [0.2, 0.25) is 5.91 Å². The van der Waals surface area contributed by atoms with Gasteiger partial charge in [0.1, 0.15) is 11.5 Å². The number of likely N-dealkylation sites (tertiary alicyclic amines) is 1. The van der Waals surface area contributed by atoms with Gasteiger partial charge in [0, 0.05) is 13.1 Å². The van der Waals surface area contributed by atoms with Crippen LogP contribution in [0, 0.1) is 12.8 Å². The molecule has 20 heavy (non-hydrogen) atoms. The standard InChI is InChI=1S/C14H21N3O3/c1-9-5-6-12(20-9)10(2)16-13(18)11-4-3-7-17(8-11)14(15)19/h5-6,10-11H,3-4,7-8H2,1-2H3,(H2,15,19)(H,16,18)/t10-,11-/m0/s1. The minimum Gasteiger partial charge on any atom is -0.464 e. The Morgan fingerprint density at radius 2 is 2.25 bits per heavy atom. The van der Waals surface area contributed by atoms with Crippen LogP contribution >= 0.6 is 0 Å². The van der Waals surface area contributed by atoms with E-state index in [0.29, 0.717) is 13.1 Å². The van der Waals surface area contributed by atoms with Crippen LogP contribution in [0.3, 0.4) is 0 Å². The minimum absolute atomic E-state index is 0.0579. The summed E-state index contributed by atoms with van der Waals surface area (Å²) in [4.78, 5) is 24.9. The number of aryl methyl sites for hydroxylation is 1. The third kappa shape index (κ3) is 3.31. The number of nitrogens with one attached hydrogen (secondary N) is 1. The first-order chi connectivity index (χ1) is 9.47. The first-order valence-electron chi connectivity index (χ1n) is 6.88. The number of nitrogens with zero attached hydrogens (tertiary/aromatic N) is 1. The van der Waals surface area contributed by atoms with Crippen LogP contribution in [0.25, 0.3) is 0 Å². The molecule has 1 saturated heterocycles. The Kier molecular flexibility index (Phi) is 4.32. The maximum Gasteiger partial charge on any atom is 0.314 e. The van der Waals surface area contributed by atoms with E-state index in [1.54, 1.807) is 0 Å². The number of primary amides is 1. The predicted molar refractivity (Wildman–Crippen MR) is 73.9 cm³/mol. The number of hydrogen-bond donors (Lipinski definition) is 2. The molecule has 1 aliphatic heterocycles. The smallest absolute Gasteiger partial charge is 0.314 e. The average Bonchev–Trinajstić information content (AvgIpc) is 2.85. The number of urea groups is 1. The van der Waals surface area contributed by atoms with Gasteiger partial charge in [0.05, 0.1) is 12.0 Å². The fourth-order valence-corrected chi connectivity index (χ4v) is 2.48. The van der Waals surface area contributed by atoms with E-state index in [1.807, 2.05) is 26.0 Å². The largest absolute Gasteiger partial charge is 0.464 e. The Bertz CT molecular complexity index is 498. The lowest BCUT2D eigenvalue weighted by molar-refractivity contribution is -0.127. The number of piperidine rings is 1. The first kappa shape index (κ1) is 14.4. The quantitative estimate of drug-likeness (QED) is 0.880. The molecule has 0 radical (unpaired) electrons. The lowest BCUT2D eigenvalue weighted by atomic mass is 9.97. The molecule has 2 heterocycles. The van der Waals surface area contributed by atoms with Crippen molar-refractivity contribution < 1.29 is 14.0 Å². The second-order valence-electron chi connectivity index (χ2n) is 5.30. The van der Waals surface area contributed by atoms with Gasteiger partial charge in [-0.25, -0.2) is 4.79 Å². The highest BCUT2D eigenvalue weighted by Crippen LogP contribution is 2.20. The van der Waals surface area contributed by atoms with Crippen molar-refractivity contribution in [2.75, 3.05) is 13.1 Å². The fraction of sp³-hybridized carbons (Fsp3) is 0.571. The van der Waals surface area contributed by atoms with Crippen LogP contribution < -0.4 is 11.1 Å². The first-order valence-corrected chi connectivity index (χ1v) is 6.88. The summed E-state index contributed by atoms with van der Waals surface area (Å²) in [6.45, 7) is 4.77. The number of carbonyl (C=O) groups excluding carboxylic acids is 2. The van der Waals surface area contributed by atoms with E-state index in [1.165, 1.54) is 4.90 Å². The monoisotopic (exact) mass is 279 g/mol. The molecule has 3 N–H and O–H groups in total. The number of rotatable bonds is 3. The Morgan fingerprint density at radius 3 is 2.85 bits per heavy atom. The van der Waals surface area contributed by atoms with Crippen LogP contribution in [0.1, 0.15) is 37.3 Å². The van der Waals surface area contributed by atoms with Crippen LogP contribution in [0.2, 0.25) is 0 Å². The van der Waals surface area contributed by atoms with Crippen molar-refractivity contribution in [1.29, 1.82) is 0 Å². The van der Waals surface area contributed by atoms with Gasteiger partial charge in [0.15, 0.2) is 0 Å². The van der Waals surface area contributed by atoms with Crippen molar-refractivity contribution in [1.82, 2.24) is 10.2 Å². The maximum absolute atomic E-state index is 12.2. The molecule has 0 spiro atoms. The van der Waals surface area contributed by atoms with Crippen LogP contribution in [-0.4, -0.2) is 29.9 Å². The summed E-state index contributed by atoms with van der Waals surface area (Å²) in [5.41, 5.74) is 5.26. The Labute approximate surface area is 118 Å². The zero-order chi connectivity index (χ0) is 14.7. The summed E-state index contributed by atoms with van der Waals surface area (Å²) in [6.07, 6.45) is 1.58. The molecule has 2 atom stereocenters. The molecule has 2 rings (SSSR count). The van der Waals surface area contributed by atoms with Crippen molar-refractivity contribution in [3.63, 3.8) is 0 Å². The number of hydrogen-bond acceptors (Lipinski definition) is 3. The molecule has 0 saturated carbocycles. The third-order valence-corrected chi connectivity index (χ3v) is 3.65. The van der Waals surface area contributed by atoms with Gasteiger partial charge in [0.25, 0.3) is 0 Å². The van der Waals surface area contributed by atoms with E-state index in [4.69, 9.17) is 10.2 Å². The fourth-order valence-electron chi connectivity index (χ4n) is 2.48. The molecule has 1 fully saturated rings. The Balaban J connectivity index is 1.92. The van der Waals surface area contributed by atoms with E-state index in [0.717, 1.165) is 24.4 Å². The highest BCUT2D eigenvalue weighted by Gasteiger charge is 2.28. The van der Waals surface area contributed by atoms with E-state index in [2.05, 4.69) is 5.32 Å². The number of furan rings is 1. The van der Waals surface area contributed by atoms with Crippen molar-refractivity contribution in [2.24, 2.45) is 11.7 Å².